The molecule has 0 aliphatic carbocycles. The Morgan fingerprint density at radius 3 is 2.76 bits per heavy atom. The average Bonchev–Trinajstić information content (AvgIpc) is 3.17. The minimum atomic E-state index is -3.75. The normalized spacial score (nSPS) is 11.7. The number of rotatable bonds is 4. The lowest BCUT2D eigenvalue weighted by Gasteiger charge is -2.11. The summed E-state index contributed by atoms with van der Waals surface area (Å²) in [7, 11) is -3.75. The summed E-state index contributed by atoms with van der Waals surface area (Å²) in [5.74, 6) is 0. The quantitative estimate of drug-likeness (QED) is 0.558. The van der Waals surface area contributed by atoms with E-state index >= 15 is 0 Å². The molecule has 0 saturated carbocycles. The first-order valence-electron chi connectivity index (χ1n) is 7.33. The second-order valence-electron chi connectivity index (χ2n) is 5.33. The van der Waals surface area contributed by atoms with Crippen molar-refractivity contribution >= 4 is 43.6 Å². The molecule has 0 fully saturated rings. The first kappa shape index (κ1) is 16.1. The molecular weight excluding hydrogens is 378 g/mol. The number of imidazole rings is 1. The number of anilines is 1. The van der Waals surface area contributed by atoms with Gasteiger partial charge in [-0.3, -0.25) is 9.12 Å². The fourth-order valence-electron chi connectivity index (χ4n) is 2.49. The van der Waals surface area contributed by atoms with E-state index in [1.165, 1.54) is 23.5 Å². The second kappa shape index (κ2) is 6.18. The molecule has 1 N–H and O–H groups in total. The highest BCUT2D eigenvalue weighted by atomic mass is 35.5. The standard InChI is InChI=1S/C17H12ClN3O2S2/c18-12-4-3-5-13(10-12)25(22,23)20-15-7-2-1-6-14(15)16-11-21-8-9-24-17(21)19-16/h1-11,20H. The Hall–Kier alpha value is -2.35. The van der Waals surface area contributed by atoms with Gasteiger partial charge < -0.3 is 0 Å². The maximum atomic E-state index is 12.7. The van der Waals surface area contributed by atoms with Crippen LogP contribution in [0.5, 0.6) is 0 Å². The molecule has 0 atom stereocenters. The summed E-state index contributed by atoms with van der Waals surface area (Å²) in [6, 6.07) is 13.3. The van der Waals surface area contributed by atoms with Crippen molar-refractivity contribution in [2.24, 2.45) is 0 Å². The van der Waals surface area contributed by atoms with Crippen molar-refractivity contribution in [3.05, 3.63) is 71.3 Å². The molecule has 5 nitrogen and oxygen atoms in total. The van der Waals surface area contributed by atoms with Crippen LogP contribution in [0.4, 0.5) is 5.69 Å². The number of thiazole rings is 1. The summed E-state index contributed by atoms with van der Waals surface area (Å²) in [6.45, 7) is 0. The number of benzene rings is 2. The van der Waals surface area contributed by atoms with Gasteiger partial charge in [0.25, 0.3) is 10.0 Å². The van der Waals surface area contributed by atoms with Crippen LogP contribution in [0.1, 0.15) is 0 Å². The van der Waals surface area contributed by atoms with Gasteiger partial charge in [-0.25, -0.2) is 13.4 Å². The molecule has 0 spiro atoms. The van der Waals surface area contributed by atoms with Crippen LogP contribution in [0.15, 0.2) is 71.2 Å². The van der Waals surface area contributed by atoms with Gasteiger partial charge in [0.15, 0.2) is 4.96 Å². The number of nitrogens with one attached hydrogen (secondary N) is 1. The molecular formula is C17H12ClN3O2S2. The largest absolute Gasteiger partial charge is 0.297 e. The Kier molecular flexibility index (Phi) is 3.99. The average molecular weight is 390 g/mol. The zero-order chi connectivity index (χ0) is 17.4. The molecule has 126 valence electrons. The number of halogens is 1. The van der Waals surface area contributed by atoms with Gasteiger partial charge in [0, 0.05) is 28.4 Å². The molecule has 2 aromatic heterocycles. The molecule has 0 unspecified atom stereocenters. The SMILES string of the molecule is O=S(=O)(Nc1ccccc1-c1cn2ccsc2n1)c1cccc(Cl)c1. The fourth-order valence-corrected chi connectivity index (χ4v) is 4.57. The van der Waals surface area contributed by atoms with Gasteiger partial charge in [-0.1, -0.05) is 35.9 Å². The van der Waals surface area contributed by atoms with Crippen LogP contribution in [0.2, 0.25) is 5.02 Å². The summed E-state index contributed by atoms with van der Waals surface area (Å²) < 4.78 is 29.9. The van der Waals surface area contributed by atoms with E-state index in [9.17, 15) is 8.42 Å². The molecule has 0 aliphatic rings. The van der Waals surface area contributed by atoms with Crippen LogP contribution in [-0.4, -0.2) is 17.8 Å². The second-order valence-corrected chi connectivity index (χ2v) is 8.32. The van der Waals surface area contributed by atoms with Crippen molar-refractivity contribution in [3.8, 4) is 11.3 Å². The van der Waals surface area contributed by atoms with E-state index in [2.05, 4.69) is 9.71 Å². The Bertz CT molecular complexity index is 1140. The Morgan fingerprint density at radius 1 is 1.12 bits per heavy atom. The number of aromatic nitrogens is 2. The van der Waals surface area contributed by atoms with Crippen LogP contribution < -0.4 is 4.72 Å². The third-order valence-corrected chi connectivity index (χ3v) is 6.02. The number of nitrogens with zero attached hydrogens (tertiary/aromatic N) is 2. The molecule has 8 heteroatoms. The summed E-state index contributed by atoms with van der Waals surface area (Å²) >= 11 is 7.43. The minimum Gasteiger partial charge on any atom is -0.297 e. The predicted molar refractivity (Wildman–Crippen MR) is 101 cm³/mol. The van der Waals surface area contributed by atoms with E-state index < -0.39 is 10.0 Å². The minimum absolute atomic E-state index is 0.112. The topological polar surface area (TPSA) is 63.5 Å². The highest BCUT2D eigenvalue weighted by Gasteiger charge is 2.18. The molecule has 2 heterocycles. The third-order valence-electron chi connectivity index (χ3n) is 3.65. The number of hydrogen-bond acceptors (Lipinski definition) is 4. The molecule has 0 radical (unpaired) electrons. The lowest BCUT2D eigenvalue weighted by Crippen LogP contribution is -2.13. The Labute approximate surface area is 153 Å². The maximum absolute atomic E-state index is 12.7. The molecule has 25 heavy (non-hydrogen) atoms. The van der Waals surface area contributed by atoms with Gasteiger partial charge in [-0.15, -0.1) is 11.3 Å². The van der Waals surface area contributed by atoms with Crippen LogP contribution in [-0.2, 0) is 10.0 Å². The van der Waals surface area contributed by atoms with Gasteiger partial charge >= 0.3 is 0 Å². The Balaban J connectivity index is 1.75. The fraction of sp³-hybridized carbons (Fsp3) is 0. The number of sulfonamides is 1. The molecule has 0 saturated heterocycles. The van der Waals surface area contributed by atoms with E-state index in [0.29, 0.717) is 22.0 Å². The van der Waals surface area contributed by atoms with E-state index in [1.807, 2.05) is 34.3 Å². The van der Waals surface area contributed by atoms with Crippen molar-refractivity contribution in [3.63, 3.8) is 0 Å². The van der Waals surface area contributed by atoms with Crippen LogP contribution in [0.3, 0.4) is 0 Å². The zero-order valence-electron chi connectivity index (χ0n) is 12.8. The predicted octanol–water partition coefficient (Wildman–Crippen LogP) is 4.52. The van der Waals surface area contributed by atoms with Crippen molar-refractivity contribution < 1.29 is 8.42 Å². The van der Waals surface area contributed by atoms with Gasteiger partial charge in [-0.2, -0.15) is 0 Å². The number of hydrogen-bond donors (Lipinski definition) is 1. The molecule has 0 aliphatic heterocycles. The smallest absolute Gasteiger partial charge is 0.261 e. The summed E-state index contributed by atoms with van der Waals surface area (Å²) in [4.78, 5) is 5.51. The van der Waals surface area contributed by atoms with Crippen molar-refractivity contribution in [1.82, 2.24) is 9.38 Å². The molecule has 0 amide bonds. The lowest BCUT2D eigenvalue weighted by molar-refractivity contribution is 0.601. The molecule has 4 rings (SSSR count). The van der Waals surface area contributed by atoms with E-state index in [-0.39, 0.29) is 4.90 Å². The lowest BCUT2D eigenvalue weighted by atomic mass is 10.1. The zero-order valence-corrected chi connectivity index (χ0v) is 15.1. The maximum Gasteiger partial charge on any atom is 0.261 e. The summed E-state index contributed by atoms with van der Waals surface area (Å²) in [5, 5.41) is 2.31. The summed E-state index contributed by atoms with van der Waals surface area (Å²) in [5.41, 5.74) is 1.88. The molecule has 2 aromatic carbocycles. The first-order valence-corrected chi connectivity index (χ1v) is 10.1. The van der Waals surface area contributed by atoms with Crippen LogP contribution in [0.25, 0.3) is 16.2 Å². The van der Waals surface area contributed by atoms with Crippen LogP contribution in [0, 0.1) is 0 Å². The molecule has 4 aromatic rings. The number of fused-ring (bicyclic) bond motifs is 1. The molecule has 0 bridgehead atoms. The summed E-state index contributed by atoms with van der Waals surface area (Å²) in [6.07, 6.45) is 3.79. The van der Waals surface area contributed by atoms with Crippen molar-refractivity contribution in [1.29, 1.82) is 0 Å². The van der Waals surface area contributed by atoms with Crippen molar-refractivity contribution in [2.75, 3.05) is 4.72 Å². The third kappa shape index (κ3) is 3.13. The van der Waals surface area contributed by atoms with E-state index in [4.69, 9.17) is 11.6 Å². The van der Waals surface area contributed by atoms with Gasteiger partial charge in [-0.05, 0) is 24.3 Å². The van der Waals surface area contributed by atoms with E-state index in [0.717, 1.165) is 4.96 Å². The first-order chi connectivity index (χ1) is 12.0. The van der Waals surface area contributed by atoms with Crippen LogP contribution >= 0.6 is 22.9 Å². The monoisotopic (exact) mass is 389 g/mol. The van der Waals surface area contributed by atoms with E-state index in [1.54, 1.807) is 24.3 Å². The highest BCUT2D eigenvalue weighted by molar-refractivity contribution is 7.92. The van der Waals surface area contributed by atoms with Gasteiger partial charge in [0.1, 0.15) is 0 Å². The van der Waals surface area contributed by atoms with Crippen molar-refractivity contribution in [2.45, 2.75) is 4.90 Å². The van der Waals surface area contributed by atoms with Gasteiger partial charge in [0.05, 0.1) is 16.3 Å². The van der Waals surface area contributed by atoms with Gasteiger partial charge in [0.2, 0.25) is 0 Å². The number of para-hydroxylation sites is 1. The highest BCUT2D eigenvalue weighted by Crippen LogP contribution is 2.30. The Morgan fingerprint density at radius 2 is 1.96 bits per heavy atom.